The first-order chi connectivity index (χ1) is 10.4. The predicted molar refractivity (Wildman–Crippen MR) is 86.9 cm³/mol. The lowest BCUT2D eigenvalue weighted by molar-refractivity contribution is -0.117. The SMILES string of the molecule is CCn1c(C)cc(C(=O)Nc2ccc(CC(N)=O)cc2)c1C. The number of carbonyl (C=O) groups is 2. The number of rotatable bonds is 5. The molecule has 0 bridgehead atoms. The Morgan fingerprint density at radius 2 is 1.82 bits per heavy atom. The second kappa shape index (κ2) is 6.47. The molecule has 1 heterocycles. The van der Waals surface area contributed by atoms with E-state index in [9.17, 15) is 9.59 Å². The van der Waals surface area contributed by atoms with Gasteiger partial charge in [0.2, 0.25) is 5.91 Å². The fraction of sp³-hybridized carbons (Fsp3) is 0.294. The molecule has 0 fully saturated rings. The number of nitrogens with two attached hydrogens (primary N) is 1. The van der Waals surface area contributed by atoms with Gasteiger partial charge in [-0.05, 0) is 44.5 Å². The summed E-state index contributed by atoms with van der Waals surface area (Å²) in [4.78, 5) is 23.2. The second-order valence-corrected chi connectivity index (χ2v) is 5.32. The summed E-state index contributed by atoms with van der Waals surface area (Å²) in [7, 11) is 0. The number of benzene rings is 1. The van der Waals surface area contributed by atoms with Crippen LogP contribution in [0.25, 0.3) is 0 Å². The predicted octanol–water partition coefficient (Wildman–Crippen LogP) is 2.40. The molecule has 0 atom stereocenters. The molecule has 1 aromatic carbocycles. The van der Waals surface area contributed by atoms with E-state index in [1.165, 1.54) is 0 Å². The summed E-state index contributed by atoms with van der Waals surface area (Å²) in [5.41, 5.74) is 9.39. The first kappa shape index (κ1) is 15.8. The molecule has 0 saturated heterocycles. The zero-order valence-electron chi connectivity index (χ0n) is 13.1. The molecule has 2 amide bonds. The largest absolute Gasteiger partial charge is 0.369 e. The van der Waals surface area contributed by atoms with E-state index in [4.69, 9.17) is 5.73 Å². The molecule has 2 rings (SSSR count). The van der Waals surface area contributed by atoms with Gasteiger partial charge in [-0.1, -0.05) is 12.1 Å². The van der Waals surface area contributed by atoms with Crippen LogP contribution in [0.3, 0.4) is 0 Å². The molecule has 5 heteroatoms. The third-order valence-corrected chi connectivity index (χ3v) is 3.72. The number of aryl methyl sites for hydroxylation is 1. The van der Waals surface area contributed by atoms with E-state index < -0.39 is 0 Å². The molecule has 0 spiro atoms. The highest BCUT2D eigenvalue weighted by atomic mass is 16.2. The molecule has 0 aliphatic carbocycles. The van der Waals surface area contributed by atoms with Crippen LogP contribution in [0.1, 0.15) is 34.2 Å². The number of nitrogens with zero attached hydrogens (tertiary/aromatic N) is 1. The Morgan fingerprint density at radius 3 is 2.32 bits per heavy atom. The lowest BCUT2D eigenvalue weighted by atomic mass is 10.1. The van der Waals surface area contributed by atoms with Crippen molar-refractivity contribution in [1.29, 1.82) is 0 Å². The van der Waals surface area contributed by atoms with E-state index in [2.05, 4.69) is 16.8 Å². The van der Waals surface area contributed by atoms with Gasteiger partial charge in [-0.2, -0.15) is 0 Å². The average molecular weight is 299 g/mol. The number of nitrogens with one attached hydrogen (secondary N) is 1. The lowest BCUT2D eigenvalue weighted by Crippen LogP contribution is -2.14. The van der Waals surface area contributed by atoms with Gasteiger partial charge >= 0.3 is 0 Å². The van der Waals surface area contributed by atoms with Crippen molar-refractivity contribution in [1.82, 2.24) is 4.57 Å². The molecule has 0 unspecified atom stereocenters. The van der Waals surface area contributed by atoms with Crippen LogP contribution >= 0.6 is 0 Å². The minimum Gasteiger partial charge on any atom is -0.369 e. The van der Waals surface area contributed by atoms with Crippen LogP contribution in [0, 0.1) is 13.8 Å². The van der Waals surface area contributed by atoms with Crippen molar-refractivity contribution in [2.75, 3.05) is 5.32 Å². The van der Waals surface area contributed by atoms with E-state index in [0.717, 1.165) is 23.5 Å². The van der Waals surface area contributed by atoms with E-state index >= 15 is 0 Å². The van der Waals surface area contributed by atoms with Crippen molar-refractivity contribution < 1.29 is 9.59 Å². The second-order valence-electron chi connectivity index (χ2n) is 5.32. The molecular weight excluding hydrogens is 278 g/mol. The Bertz CT molecular complexity index is 699. The maximum absolute atomic E-state index is 12.4. The van der Waals surface area contributed by atoms with Crippen LogP contribution in [0.5, 0.6) is 0 Å². The average Bonchev–Trinajstić information content (AvgIpc) is 2.75. The van der Waals surface area contributed by atoms with E-state index in [-0.39, 0.29) is 18.2 Å². The number of anilines is 1. The standard InChI is InChI=1S/C17H21N3O2/c1-4-20-11(2)9-15(12(20)3)17(22)19-14-7-5-13(6-8-14)10-16(18)21/h5-9H,4,10H2,1-3H3,(H2,18,21)(H,19,22). The van der Waals surface area contributed by atoms with Gasteiger partial charge in [0.1, 0.15) is 0 Å². The Kier molecular flexibility index (Phi) is 4.65. The number of hydrogen-bond donors (Lipinski definition) is 2. The van der Waals surface area contributed by atoms with Crippen LogP contribution in [-0.2, 0) is 17.8 Å². The lowest BCUT2D eigenvalue weighted by Gasteiger charge is -2.08. The highest BCUT2D eigenvalue weighted by Gasteiger charge is 2.15. The molecule has 116 valence electrons. The van der Waals surface area contributed by atoms with Gasteiger partial charge in [-0.15, -0.1) is 0 Å². The number of amides is 2. The van der Waals surface area contributed by atoms with Crippen LogP contribution < -0.4 is 11.1 Å². The molecule has 2 aromatic rings. The maximum atomic E-state index is 12.4. The van der Waals surface area contributed by atoms with Crippen LogP contribution in [0.4, 0.5) is 5.69 Å². The maximum Gasteiger partial charge on any atom is 0.257 e. The van der Waals surface area contributed by atoms with Gasteiger partial charge in [0.05, 0.1) is 12.0 Å². The minimum atomic E-state index is -0.371. The van der Waals surface area contributed by atoms with Crippen LogP contribution in [0.2, 0.25) is 0 Å². The van der Waals surface area contributed by atoms with Gasteiger partial charge < -0.3 is 15.6 Å². The molecular formula is C17H21N3O2. The van der Waals surface area contributed by atoms with Gasteiger partial charge in [0, 0.05) is 23.6 Å². The summed E-state index contributed by atoms with van der Waals surface area (Å²) in [6, 6.07) is 9.02. The highest BCUT2D eigenvalue weighted by Crippen LogP contribution is 2.17. The summed E-state index contributed by atoms with van der Waals surface area (Å²) < 4.78 is 2.10. The fourth-order valence-corrected chi connectivity index (χ4v) is 2.62. The molecule has 22 heavy (non-hydrogen) atoms. The van der Waals surface area contributed by atoms with Gasteiger partial charge in [0.25, 0.3) is 5.91 Å². The number of primary amides is 1. The summed E-state index contributed by atoms with van der Waals surface area (Å²) >= 11 is 0. The first-order valence-electron chi connectivity index (χ1n) is 7.27. The van der Waals surface area contributed by atoms with Crippen molar-refractivity contribution in [3.05, 3.63) is 52.8 Å². The number of carbonyl (C=O) groups excluding carboxylic acids is 2. The van der Waals surface area contributed by atoms with E-state index in [1.807, 2.05) is 19.9 Å². The normalized spacial score (nSPS) is 10.5. The van der Waals surface area contributed by atoms with E-state index in [0.29, 0.717) is 11.3 Å². The third-order valence-electron chi connectivity index (χ3n) is 3.72. The first-order valence-corrected chi connectivity index (χ1v) is 7.27. The summed E-state index contributed by atoms with van der Waals surface area (Å²) in [5.74, 6) is -0.501. The summed E-state index contributed by atoms with van der Waals surface area (Å²) in [6.45, 7) is 6.83. The fourth-order valence-electron chi connectivity index (χ4n) is 2.62. The van der Waals surface area contributed by atoms with E-state index in [1.54, 1.807) is 24.3 Å². The topological polar surface area (TPSA) is 77.1 Å². The molecule has 5 nitrogen and oxygen atoms in total. The van der Waals surface area contributed by atoms with Crippen molar-refractivity contribution in [2.24, 2.45) is 5.73 Å². The number of aromatic nitrogens is 1. The Hall–Kier alpha value is -2.56. The monoisotopic (exact) mass is 299 g/mol. The molecule has 1 aromatic heterocycles. The zero-order valence-corrected chi connectivity index (χ0v) is 13.1. The molecule has 0 aliphatic rings. The number of hydrogen-bond acceptors (Lipinski definition) is 2. The van der Waals surface area contributed by atoms with Crippen molar-refractivity contribution >= 4 is 17.5 Å². The summed E-state index contributed by atoms with van der Waals surface area (Å²) in [5, 5.41) is 2.88. The minimum absolute atomic E-state index is 0.129. The van der Waals surface area contributed by atoms with Crippen LogP contribution in [-0.4, -0.2) is 16.4 Å². The molecule has 0 radical (unpaired) electrons. The molecule has 0 aliphatic heterocycles. The van der Waals surface area contributed by atoms with Crippen molar-refractivity contribution in [3.8, 4) is 0 Å². The van der Waals surface area contributed by atoms with Gasteiger partial charge in [-0.25, -0.2) is 0 Å². The van der Waals surface area contributed by atoms with Crippen LogP contribution in [0.15, 0.2) is 30.3 Å². The molecule has 3 N–H and O–H groups in total. The van der Waals surface area contributed by atoms with Gasteiger partial charge in [-0.3, -0.25) is 9.59 Å². The zero-order chi connectivity index (χ0) is 16.3. The quantitative estimate of drug-likeness (QED) is 0.889. The Morgan fingerprint density at radius 1 is 1.18 bits per heavy atom. The smallest absolute Gasteiger partial charge is 0.257 e. The van der Waals surface area contributed by atoms with Crippen molar-refractivity contribution in [3.63, 3.8) is 0 Å². The highest BCUT2D eigenvalue weighted by molar-refractivity contribution is 6.05. The molecule has 0 saturated carbocycles. The van der Waals surface area contributed by atoms with Gasteiger partial charge in [0.15, 0.2) is 0 Å². The van der Waals surface area contributed by atoms with Crippen molar-refractivity contribution in [2.45, 2.75) is 33.7 Å². The summed E-state index contributed by atoms with van der Waals surface area (Å²) in [6.07, 6.45) is 0.200. The Balaban J connectivity index is 2.13. The Labute approximate surface area is 130 Å². The third kappa shape index (κ3) is 3.36.